The van der Waals surface area contributed by atoms with Crippen molar-refractivity contribution in [1.29, 1.82) is 0 Å². The van der Waals surface area contributed by atoms with Gasteiger partial charge in [0.15, 0.2) is 0 Å². The molecule has 0 saturated heterocycles. The number of carboxylic acid groups (broad SMARTS) is 1. The predicted octanol–water partition coefficient (Wildman–Crippen LogP) is 3.53. The lowest BCUT2D eigenvalue weighted by molar-refractivity contribution is -0.137. The number of hydrogen-bond donors (Lipinski definition) is 3. The summed E-state index contributed by atoms with van der Waals surface area (Å²) < 4.78 is 0. The van der Waals surface area contributed by atoms with Gasteiger partial charge >= 0.3 is 12.0 Å². The molecule has 0 aliphatic carbocycles. The first-order valence-electron chi connectivity index (χ1n) is 8.89. The van der Waals surface area contributed by atoms with E-state index in [1.165, 1.54) is 0 Å². The maximum atomic E-state index is 12.5. The molecule has 3 N–H and O–H groups in total. The van der Waals surface area contributed by atoms with Crippen LogP contribution in [0.2, 0.25) is 0 Å². The second kappa shape index (κ2) is 10.7. The monoisotopic (exact) mass is 364 g/mol. The smallest absolute Gasteiger partial charge is 0.315 e. The zero-order valence-electron chi connectivity index (χ0n) is 15.1. The minimum absolute atomic E-state index is 0.00967. The SMILES string of the molecule is C#CCC(NC(=O)NC(CCC(=O)O)Cc1ccccc1)c1ccccc1. The largest absolute Gasteiger partial charge is 0.481 e. The minimum atomic E-state index is -0.884. The summed E-state index contributed by atoms with van der Waals surface area (Å²) in [6, 6.07) is 18.2. The van der Waals surface area contributed by atoms with E-state index in [4.69, 9.17) is 11.5 Å². The lowest BCUT2D eigenvalue weighted by Gasteiger charge is -2.22. The highest BCUT2D eigenvalue weighted by molar-refractivity contribution is 5.75. The van der Waals surface area contributed by atoms with E-state index in [1.54, 1.807) is 0 Å². The molecule has 2 unspecified atom stereocenters. The summed E-state index contributed by atoms with van der Waals surface area (Å²) in [7, 11) is 0. The third kappa shape index (κ3) is 7.25. The van der Waals surface area contributed by atoms with Gasteiger partial charge in [-0.15, -0.1) is 12.3 Å². The first-order valence-corrected chi connectivity index (χ1v) is 8.89. The van der Waals surface area contributed by atoms with E-state index >= 15 is 0 Å². The normalized spacial score (nSPS) is 12.4. The van der Waals surface area contributed by atoms with Gasteiger partial charge < -0.3 is 15.7 Å². The molecule has 2 aromatic rings. The summed E-state index contributed by atoms with van der Waals surface area (Å²) in [4.78, 5) is 23.4. The summed E-state index contributed by atoms with van der Waals surface area (Å²) in [5.74, 6) is 1.70. The van der Waals surface area contributed by atoms with Gasteiger partial charge in [-0.25, -0.2) is 4.79 Å². The first kappa shape index (κ1) is 20.1. The number of nitrogens with one attached hydrogen (secondary N) is 2. The Hall–Kier alpha value is -3.26. The Morgan fingerprint density at radius 1 is 1.00 bits per heavy atom. The molecule has 0 aliphatic rings. The number of hydrogen-bond acceptors (Lipinski definition) is 2. The topological polar surface area (TPSA) is 78.4 Å². The maximum Gasteiger partial charge on any atom is 0.315 e. The average molecular weight is 364 g/mol. The number of benzene rings is 2. The van der Waals surface area contributed by atoms with E-state index < -0.39 is 5.97 Å². The second-order valence-corrected chi connectivity index (χ2v) is 6.31. The van der Waals surface area contributed by atoms with Gasteiger partial charge in [0.25, 0.3) is 0 Å². The molecule has 0 radical (unpaired) electrons. The van der Waals surface area contributed by atoms with Crippen LogP contribution in [-0.4, -0.2) is 23.1 Å². The van der Waals surface area contributed by atoms with Crippen LogP contribution in [0, 0.1) is 12.3 Å². The van der Waals surface area contributed by atoms with E-state index in [0.29, 0.717) is 19.3 Å². The fourth-order valence-corrected chi connectivity index (χ4v) is 2.86. The Labute approximate surface area is 159 Å². The first-order chi connectivity index (χ1) is 13.1. The van der Waals surface area contributed by atoms with Crippen LogP contribution >= 0.6 is 0 Å². The van der Waals surface area contributed by atoms with E-state index in [0.717, 1.165) is 11.1 Å². The standard InChI is InChI=1S/C22H24N2O3/c1-2-9-20(18-12-7-4-8-13-18)24-22(27)23-19(14-15-21(25)26)16-17-10-5-3-6-11-17/h1,3-8,10-13,19-20H,9,14-16H2,(H,25,26)(H2,23,24,27). The van der Waals surface area contributed by atoms with E-state index in [-0.39, 0.29) is 24.5 Å². The van der Waals surface area contributed by atoms with Gasteiger partial charge in [0.05, 0.1) is 6.04 Å². The Morgan fingerprint density at radius 2 is 1.63 bits per heavy atom. The van der Waals surface area contributed by atoms with Crippen molar-refractivity contribution in [3.8, 4) is 12.3 Å². The van der Waals surface area contributed by atoms with E-state index in [9.17, 15) is 9.59 Å². The highest BCUT2D eigenvalue weighted by Gasteiger charge is 2.18. The molecule has 0 aliphatic heterocycles. The van der Waals surface area contributed by atoms with Crippen LogP contribution in [0.5, 0.6) is 0 Å². The molecule has 0 saturated carbocycles. The molecule has 5 nitrogen and oxygen atoms in total. The molecule has 0 heterocycles. The number of terminal acetylenes is 1. The van der Waals surface area contributed by atoms with Crippen LogP contribution < -0.4 is 10.6 Å². The number of carboxylic acids is 1. The Bertz CT molecular complexity index is 769. The van der Waals surface area contributed by atoms with Gasteiger partial charge in [-0.05, 0) is 24.0 Å². The van der Waals surface area contributed by atoms with Crippen LogP contribution in [0.3, 0.4) is 0 Å². The number of carbonyl (C=O) groups is 2. The molecule has 2 rings (SSSR count). The van der Waals surface area contributed by atoms with Gasteiger partial charge in [-0.1, -0.05) is 60.7 Å². The van der Waals surface area contributed by atoms with Crippen LogP contribution in [0.25, 0.3) is 0 Å². The van der Waals surface area contributed by atoms with E-state index in [1.807, 2.05) is 60.7 Å². The van der Waals surface area contributed by atoms with Crippen LogP contribution in [-0.2, 0) is 11.2 Å². The average Bonchev–Trinajstić information content (AvgIpc) is 2.67. The van der Waals surface area contributed by atoms with Crippen molar-refractivity contribution < 1.29 is 14.7 Å². The number of aliphatic carboxylic acids is 1. The molecule has 27 heavy (non-hydrogen) atoms. The van der Waals surface area contributed by atoms with Crippen molar-refractivity contribution in [1.82, 2.24) is 10.6 Å². The molecule has 0 spiro atoms. The quantitative estimate of drug-likeness (QED) is 0.596. The lowest BCUT2D eigenvalue weighted by atomic mass is 10.0. The minimum Gasteiger partial charge on any atom is -0.481 e. The molecule has 140 valence electrons. The molecule has 0 fully saturated rings. The van der Waals surface area contributed by atoms with Crippen molar-refractivity contribution in [2.75, 3.05) is 0 Å². The summed E-state index contributed by atoms with van der Waals surface area (Å²) in [6.07, 6.45) is 6.71. The number of amides is 2. The summed E-state index contributed by atoms with van der Waals surface area (Å²) in [5, 5.41) is 14.8. The van der Waals surface area contributed by atoms with Crippen molar-refractivity contribution in [2.45, 2.75) is 37.8 Å². The van der Waals surface area contributed by atoms with Gasteiger partial charge in [-0.2, -0.15) is 0 Å². The van der Waals surface area contributed by atoms with Crippen molar-refractivity contribution in [3.05, 3.63) is 71.8 Å². The van der Waals surface area contributed by atoms with Crippen molar-refractivity contribution >= 4 is 12.0 Å². The van der Waals surface area contributed by atoms with Crippen LogP contribution in [0.4, 0.5) is 4.79 Å². The molecule has 0 bridgehead atoms. The number of rotatable bonds is 9. The van der Waals surface area contributed by atoms with Gasteiger partial charge in [-0.3, -0.25) is 4.79 Å². The zero-order valence-corrected chi connectivity index (χ0v) is 15.1. The fourth-order valence-electron chi connectivity index (χ4n) is 2.86. The fraction of sp³-hybridized carbons (Fsp3) is 0.273. The van der Waals surface area contributed by atoms with E-state index in [2.05, 4.69) is 16.6 Å². The molecule has 2 atom stereocenters. The highest BCUT2D eigenvalue weighted by atomic mass is 16.4. The summed E-state index contributed by atoms with van der Waals surface area (Å²) in [6.45, 7) is 0. The zero-order chi connectivity index (χ0) is 19.5. The van der Waals surface area contributed by atoms with Crippen LogP contribution in [0.15, 0.2) is 60.7 Å². The summed E-state index contributed by atoms with van der Waals surface area (Å²) in [5.41, 5.74) is 1.96. The Balaban J connectivity index is 2.02. The van der Waals surface area contributed by atoms with Gasteiger partial charge in [0, 0.05) is 18.9 Å². The Morgan fingerprint density at radius 3 is 2.22 bits per heavy atom. The van der Waals surface area contributed by atoms with Crippen LogP contribution in [0.1, 0.15) is 36.4 Å². The third-order valence-electron chi connectivity index (χ3n) is 4.20. The molecular formula is C22H24N2O3. The molecule has 5 heteroatoms. The Kier molecular flexibility index (Phi) is 7.92. The molecule has 2 aromatic carbocycles. The third-order valence-corrected chi connectivity index (χ3v) is 4.20. The van der Waals surface area contributed by atoms with Crippen molar-refractivity contribution in [2.24, 2.45) is 0 Å². The molecular weight excluding hydrogens is 340 g/mol. The summed E-state index contributed by atoms with van der Waals surface area (Å²) >= 11 is 0. The number of carbonyl (C=O) groups excluding carboxylic acids is 1. The predicted molar refractivity (Wildman–Crippen MR) is 105 cm³/mol. The highest BCUT2D eigenvalue weighted by Crippen LogP contribution is 2.16. The second-order valence-electron chi connectivity index (χ2n) is 6.31. The number of urea groups is 1. The lowest BCUT2D eigenvalue weighted by Crippen LogP contribution is -2.44. The maximum absolute atomic E-state index is 12.5. The van der Waals surface area contributed by atoms with Gasteiger partial charge in [0.1, 0.15) is 0 Å². The van der Waals surface area contributed by atoms with Gasteiger partial charge in [0.2, 0.25) is 0 Å². The molecule has 0 aromatic heterocycles. The molecule has 2 amide bonds. The van der Waals surface area contributed by atoms with Crippen molar-refractivity contribution in [3.63, 3.8) is 0 Å².